The average Bonchev–Trinajstić information content (AvgIpc) is 2.25. The van der Waals surface area contributed by atoms with Crippen molar-refractivity contribution in [1.29, 1.82) is 0 Å². The fourth-order valence-electron chi connectivity index (χ4n) is 1.76. The first-order valence-corrected chi connectivity index (χ1v) is 5.58. The Hall–Kier alpha value is -1.35. The number of carbonyl (C=O) groups is 1. The highest BCUT2D eigenvalue weighted by Crippen LogP contribution is 2.20. The van der Waals surface area contributed by atoms with Gasteiger partial charge in [0, 0.05) is 0 Å². The number of rotatable bonds is 5. The predicted molar refractivity (Wildman–Crippen MR) is 64.5 cm³/mol. The van der Waals surface area contributed by atoms with Crippen LogP contribution in [0.1, 0.15) is 37.3 Å². The van der Waals surface area contributed by atoms with Gasteiger partial charge < -0.3 is 10.8 Å². The van der Waals surface area contributed by atoms with E-state index in [0.717, 1.165) is 6.42 Å². The summed E-state index contributed by atoms with van der Waals surface area (Å²) in [6.07, 6.45) is 1.21. The Bertz CT molecular complexity index is 361. The number of carboxylic acids is 1. The van der Waals surface area contributed by atoms with Crippen LogP contribution in [0.15, 0.2) is 24.3 Å². The van der Waals surface area contributed by atoms with E-state index >= 15 is 0 Å². The van der Waals surface area contributed by atoms with Gasteiger partial charge in [0.25, 0.3) is 0 Å². The molecule has 88 valence electrons. The van der Waals surface area contributed by atoms with E-state index in [2.05, 4.69) is 19.9 Å². The zero-order valence-corrected chi connectivity index (χ0v) is 9.81. The van der Waals surface area contributed by atoms with Gasteiger partial charge in [-0.05, 0) is 29.9 Å². The van der Waals surface area contributed by atoms with Crippen molar-refractivity contribution in [1.82, 2.24) is 0 Å². The molecule has 0 aliphatic rings. The maximum absolute atomic E-state index is 10.6. The van der Waals surface area contributed by atoms with Crippen LogP contribution in [0.4, 0.5) is 0 Å². The molecular formula is C13H19NO2. The molecule has 0 saturated carbocycles. The first kappa shape index (κ1) is 12.7. The van der Waals surface area contributed by atoms with Crippen LogP contribution in [0.25, 0.3) is 0 Å². The first-order valence-electron chi connectivity index (χ1n) is 5.58. The van der Waals surface area contributed by atoms with Gasteiger partial charge in [-0.15, -0.1) is 0 Å². The lowest BCUT2D eigenvalue weighted by Gasteiger charge is -2.13. The molecule has 1 unspecified atom stereocenters. The van der Waals surface area contributed by atoms with E-state index in [0.29, 0.717) is 12.3 Å². The minimum atomic E-state index is -0.929. The Labute approximate surface area is 96.3 Å². The van der Waals surface area contributed by atoms with Crippen molar-refractivity contribution in [3.05, 3.63) is 35.4 Å². The number of nitrogens with two attached hydrogens (primary N) is 1. The molecule has 16 heavy (non-hydrogen) atoms. The van der Waals surface area contributed by atoms with Crippen LogP contribution in [-0.2, 0) is 11.2 Å². The molecule has 1 rings (SSSR count). The summed E-state index contributed by atoms with van der Waals surface area (Å²) in [6, 6.07) is 7.36. The second kappa shape index (κ2) is 5.66. The molecule has 3 N–H and O–H groups in total. The van der Waals surface area contributed by atoms with Gasteiger partial charge in [0.1, 0.15) is 6.04 Å². The van der Waals surface area contributed by atoms with Crippen LogP contribution in [0.3, 0.4) is 0 Å². The van der Waals surface area contributed by atoms with Gasteiger partial charge in [0.2, 0.25) is 0 Å². The Balaban J connectivity index is 2.70. The van der Waals surface area contributed by atoms with E-state index < -0.39 is 12.0 Å². The van der Waals surface area contributed by atoms with Crippen molar-refractivity contribution < 1.29 is 9.90 Å². The highest BCUT2D eigenvalue weighted by atomic mass is 16.4. The lowest BCUT2D eigenvalue weighted by Crippen LogP contribution is -2.30. The maximum Gasteiger partial charge on any atom is 0.320 e. The fraction of sp³-hybridized carbons (Fsp3) is 0.462. The van der Waals surface area contributed by atoms with E-state index in [1.165, 1.54) is 11.1 Å². The van der Waals surface area contributed by atoms with Crippen LogP contribution in [0.5, 0.6) is 0 Å². The van der Waals surface area contributed by atoms with Crippen molar-refractivity contribution in [3.8, 4) is 0 Å². The summed E-state index contributed by atoms with van der Waals surface area (Å²) in [4.78, 5) is 10.6. The van der Waals surface area contributed by atoms with Crippen molar-refractivity contribution in [2.24, 2.45) is 5.73 Å². The van der Waals surface area contributed by atoms with Gasteiger partial charge in [-0.1, -0.05) is 38.1 Å². The smallest absolute Gasteiger partial charge is 0.320 e. The number of hydrogen-bond acceptors (Lipinski definition) is 2. The highest BCUT2D eigenvalue weighted by molar-refractivity contribution is 5.73. The Kier molecular flexibility index (Phi) is 4.50. The molecule has 0 amide bonds. The summed E-state index contributed by atoms with van der Waals surface area (Å²) in [6.45, 7) is 4.27. The molecule has 0 aliphatic heterocycles. The van der Waals surface area contributed by atoms with Crippen LogP contribution < -0.4 is 5.73 Å². The molecule has 3 heteroatoms. The zero-order valence-electron chi connectivity index (χ0n) is 9.81. The molecule has 0 fully saturated rings. The molecule has 0 heterocycles. The van der Waals surface area contributed by atoms with Gasteiger partial charge in [-0.2, -0.15) is 0 Å². The van der Waals surface area contributed by atoms with E-state index in [9.17, 15) is 4.79 Å². The monoisotopic (exact) mass is 221 g/mol. The summed E-state index contributed by atoms with van der Waals surface area (Å²) in [5, 5.41) is 8.71. The maximum atomic E-state index is 10.6. The van der Waals surface area contributed by atoms with Gasteiger partial charge in [0.15, 0.2) is 0 Å². The molecule has 0 radical (unpaired) electrons. The second-order valence-corrected chi connectivity index (χ2v) is 4.34. The summed E-state index contributed by atoms with van der Waals surface area (Å²) < 4.78 is 0. The van der Waals surface area contributed by atoms with Gasteiger partial charge in [-0.3, -0.25) is 4.79 Å². The fourth-order valence-corrected chi connectivity index (χ4v) is 1.76. The van der Waals surface area contributed by atoms with Crippen molar-refractivity contribution in [2.45, 2.75) is 38.6 Å². The Morgan fingerprint density at radius 2 is 2.00 bits per heavy atom. The lowest BCUT2D eigenvalue weighted by molar-refractivity contribution is -0.138. The normalized spacial score (nSPS) is 12.8. The van der Waals surface area contributed by atoms with E-state index in [4.69, 9.17) is 10.8 Å². The Morgan fingerprint density at radius 3 is 2.56 bits per heavy atom. The first-order chi connectivity index (χ1) is 7.52. The molecule has 0 spiro atoms. The molecule has 1 aromatic rings. The number of aryl methyl sites for hydroxylation is 1. The lowest BCUT2D eigenvalue weighted by atomic mass is 9.93. The van der Waals surface area contributed by atoms with Crippen LogP contribution in [-0.4, -0.2) is 17.1 Å². The Morgan fingerprint density at radius 1 is 1.38 bits per heavy atom. The van der Waals surface area contributed by atoms with Gasteiger partial charge in [0.05, 0.1) is 0 Å². The van der Waals surface area contributed by atoms with Crippen LogP contribution in [0.2, 0.25) is 0 Å². The number of carboxylic acid groups (broad SMARTS) is 1. The third-order valence-electron chi connectivity index (χ3n) is 2.72. The molecular weight excluding hydrogens is 202 g/mol. The standard InChI is InChI=1S/C13H19NO2/c1-9(2)11-6-4-3-5-10(11)7-8-12(14)13(15)16/h3-6,9,12H,7-8,14H2,1-2H3,(H,15,16). The minimum absolute atomic E-state index is 0.456. The number of benzene rings is 1. The average molecular weight is 221 g/mol. The third-order valence-corrected chi connectivity index (χ3v) is 2.72. The zero-order chi connectivity index (χ0) is 12.1. The van der Waals surface area contributed by atoms with Crippen LogP contribution in [0, 0.1) is 0 Å². The van der Waals surface area contributed by atoms with Gasteiger partial charge >= 0.3 is 5.97 Å². The van der Waals surface area contributed by atoms with Gasteiger partial charge in [-0.25, -0.2) is 0 Å². The molecule has 0 aliphatic carbocycles. The molecule has 0 saturated heterocycles. The van der Waals surface area contributed by atoms with E-state index in [1.54, 1.807) is 0 Å². The molecule has 1 aromatic carbocycles. The molecule has 3 nitrogen and oxygen atoms in total. The SMILES string of the molecule is CC(C)c1ccccc1CCC(N)C(=O)O. The molecule has 1 atom stereocenters. The highest BCUT2D eigenvalue weighted by Gasteiger charge is 2.12. The number of aliphatic carboxylic acids is 1. The van der Waals surface area contributed by atoms with Crippen LogP contribution >= 0.6 is 0 Å². The molecule has 0 aromatic heterocycles. The number of hydrogen-bond donors (Lipinski definition) is 2. The summed E-state index contributed by atoms with van der Waals surface area (Å²) in [7, 11) is 0. The largest absolute Gasteiger partial charge is 0.480 e. The quantitative estimate of drug-likeness (QED) is 0.800. The van der Waals surface area contributed by atoms with Crippen molar-refractivity contribution >= 4 is 5.97 Å². The van der Waals surface area contributed by atoms with Crippen molar-refractivity contribution in [2.75, 3.05) is 0 Å². The summed E-state index contributed by atoms with van der Waals surface area (Å²) in [5.41, 5.74) is 7.97. The molecule has 0 bridgehead atoms. The third kappa shape index (κ3) is 3.35. The van der Waals surface area contributed by atoms with E-state index in [-0.39, 0.29) is 0 Å². The summed E-state index contributed by atoms with van der Waals surface area (Å²) in [5.74, 6) is -0.473. The minimum Gasteiger partial charge on any atom is -0.480 e. The predicted octanol–water partition coefficient (Wildman–Crippen LogP) is 2.15. The van der Waals surface area contributed by atoms with Crippen molar-refractivity contribution in [3.63, 3.8) is 0 Å². The summed E-state index contributed by atoms with van der Waals surface area (Å²) >= 11 is 0. The second-order valence-electron chi connectivity index (χ2n) is 4.34. The topological polar surface area (TPSA) is 63.3 Å². The van der Waals surface area contributed by atoms with E-state index in [1.807, 2.05) is 18.2 Å².